The van der Waals surface area contributed by atoms with Crippen LogP contribution in [-0.2, 0) is 9.53 Å². The second-order valence-corrected chi connectivity index (χ2v) is 6.08. The normalized spacial score (nSPS) is 19.0. The Bertz CT molecular complexity index is 555. The van der Waals surface area contributed by atoms with Crippen molar-refractivity contribution in [2.45, 2.75) is 58.5 Å². The summed E-state index contributed by atoms with van der Waals surface area (Å²) in [5.74, 6) is 0.545. The molecule has 1 aliphatic rings. The van der Waals surface area contributed by atoms with Gasteiger partial charge in [0.25, 0.3) is 0 Å². The van der Waals surface area contributed by atoms with Gasteiger partial charge in [-0.05, 0) is 32.6 Å². The molecule has 0 bridgehead atoms. The maximum Gasteiger partial charge on any atom is 0.328 e. The summed E-state index contributed by atoms with van der Waals surface area (Å²) in [4.78, 5) is 25.8. The first-order valence-electron chi connectivity index (χ1n) is 8.14. The molecular weight excluding hydrogens is 298 g/mol. The highest BCUT2D eigenvalue weighted by atomic mass is 16.5. The predicted octanol–water partition coefficient (Wildman–Crippen LogP) is 2.60. The van der Waals surface area contributed by atoms with Crippen molar-refractivity contribution < 1.29 is 18.8 Å². The molecule has 0 spiro atoms. The number of aromatic nitrogens is 1. The van der Waals surface area contributed by atoms with Crippen molar-refractivity contribution in [3.05, 3.63) is 17.5 Å². The minimum absolute atomic E-state index is 0.135. The first-order valence-corrected chi connectivity index (χ1v) is 8.14. The Hall–Kier alpha value is -2.05. The van der Waals surface area contributed by atoms with Crippen LogP contribution in [0.2, 0.25) is 0 Å². The van der Waals surface area contributed by atoms with Gasteiger partial charge in [-0.25, -0.2) is 9.59 Å². The molecule has 1 N–H and O–H groups in total. The Morgan fingerprint density at radius 3 is 2.83 bits per heavy atom. The topological polar surface area (TPSA) is 84.7 Å². The number of likely N-dealkylation sites (tertiary alicyclic amines) is 1. The van der Waals surface area contributed by atoms with Gasteiger partial charge in [0.05, 0.1) is 18.3 Å². The van der Waals surface area contributed by atoms with E-state index in [1.807, 2.05) is 19.9 Å². The third-order valence-corrected chi connectivity index (χ3v) is 3.96. The molecule has 1 aromatic heterocycles. The molecule has 7 heteroatoms. The van der Waals surface area contributed by atoms with E-state index in [4.69, 9.17) is 9.26 Å². The molecule has 2 amide bonds. The average molecular weight is 323 g/mol. The number of esters is 1. The van der Waals surface area contributed by atoms with Crippen molar-refractivity contribution in [1.82, 2.24) is 15.4 Å². The number of nitrogens with one attached hydrogen (secondary N) is 1. The van der Waals surface area contributed by atoms with Gasteiger partial charge in [0.2, 0.25) is 0 Å². The number of ether oxygens (including phenoxy) is 1. The van der Waals surface area contributed by atoms with Gasteiger partial charge in [-0.1, -0.05) is 19.0 Å². The highest BCUT2D eigenvalue weighted by Gasteiger charge is 2.34. The standard InChI is InChI=1S/C16H25N3O4/c1-5-22-15(20)11(4)17-16(21)19-8-6-7-13(19)14-9-12(10(2)3)18-23-14/h9-11,13H,5-8H2,1-4H3,(H,17,21)/t11-,13-/m0/s1. The molecule has 2 atom stereocenters. The molecule has 1 saturated heterocycles. The third-order valence-electron chi connectivity index (χ3n) is 3.96. The Morgan fingerprint density at radius 1 is 1.48 bits per heavy atom. The SMILES string of the molecule is CCOC(=O)[C@H](C)NC(=O)N1CCC[C@H]1c1cc(C(C)C)no1. The number of rotatable bonds is 5. The predicted molar refractivity (Wildman–Crippen MR) is 83.9 cm³/mol. The van der Waals surface area contributed by atoms with Crippen LogP contribution in [-0.4, -0.2) is 41.3 Å². The van der Waals surface area contributed by atoms with Crippen LogP contribution >= 0.6 is 0 Å². The van der Waals surface area contributed by atoms with Crippen LogP contribution in [0.3, 0.4) is 0 Å². The van der Waals surface area contributed by atoms with Crippen molar-refractivity contribution in [2.75, 3.05) is 13.2 Å². The molecule has 0 unspecified atom stereocenters. The third kappa shape index (κ3) is 4.03. The summed E-state index contributed by atoms with van der Waals surface area (Å²) >= 11 is 0. The van der Waals surface area contributed by atoms with E-state index >= 15 is 0 Å². The minimum atomic E-state index is -0.676. The highest BCUT2D eigenvalue weighted by molar-refractivity contribution is 5.83. The molecule has 0 saturated carbocycles. The van der Waals surface area contributed by atoms with Gasteiger partial charge in [0.1, 0.15) is 6.04 Å². The molecule has 0 aliphatic carbocycles. The molecular formula is C16H25N3O4. The Kier molecular flexibility index (Phi) is 5.63. The molecule has 7 nitrogen and oxygen atoms in total. The molecule has 128 valence electrons. The second-order valence-electron chi connectivity index (χ2n) is 6.08. The molecule has 2 heterocycles. The monoisotopic (exact) mass is 323 g/mol. The van der Waals surface area contributed by atoms with Gasteiger partial charge in [0.15, 0.2) is 5.76 Å². The van der Waals surface area contributed by atoms with Gasteiger partial charge >= 0.3 is 12.0 Å². The number of hydrogen-bond donors (Lipinski definition) is 1. The molecule has 23 heavy (non-hydrogen) atoms. The van der Waals surface area contributed by atoms with Gasteiger partial charge in [-0.2, -0.15) is 0 Å². The fraction of sp³-hybridized carbons (Fsp3) is 0.688. The van der Waals surface area contributed by atoms with Gasteiger partial charge in [-0.15, -0.1) is 0 Å². The lowest BCUT2D eigenvalue weighted by molar-refractivity contribution is -0.144. The van der Waals surface area contributed by atoms with Gasteiger partial charge in [0, 0.05) is 12.6 Å². The fourth-order valence-electron chi connectivity index (χ4n) is 2.63. The van der Waals surface area contributed by atoms with Crippen LogP contribution in [0.15, 0.2) is 10.6 Å². The molecule has 0 radical (unpaired) electrons. The van der Waals surface area contributed by atoms with Crippen molar-refractivity contribution >= 4 is 12.0 Å². The van der Waals surface area contributed by atoms with Crippen molar-refractivity contribution in [1.29, 1.82) is 0 Å². The summed E-state index contributed by atoms with van der Waals surface area (Å²) in [5, 5.41) is 6.75. The summed E-state index contributed by atoms with van der Waals surface area (Å²) in [6.45, 7) is 8.36. The van der Waals surface area contributed by atoms with Crippen LogP contribution in [0, 0.1) is 0 Å². The summed E-state index contributed by atoms with van der Waals surface area (Å²) in [7, 11) is 0. The van der Waals surface area contributed by atoms with Crippen LogP contribution in [0.5, 0.6) is 0 Å². The molecule has 0 aromatic carbocycles. The second kappa shape index (κ2) is 7.48. The van der Waals surface area contributed by atoms with E-state index in [9.17, 15) is 9.59 Å². The lowest BCUT2D eigenvalue weighted by Gasteiger charge is -2.24. The van der Waals surface area contributed by atoms with Crippen molar-refractivity contribution in [3.8, 4) is 0 Å². The van der Waals surface area contributed by atoms with Gasteiger partial charge in [-0.3, -0.25) is 0 Å². The largest absolute Gasteiger partial charge is 0.464 e. The van der Waals surface area contributed by atoms with Gasteiger partial charge < -0.3 is 19.5 Å². The number of nitrogens with zero attached hydrogens (tertiary/aromatic N) is 2. The van der Waals surface area contributed by atoms with E-state index < -0.39 is 12.0 Å². The maximum absolute atomic E-state index is 12.4. The molecule has 2 rings (SSSR count). The summed E-state index contributed by atoms with van der Waals surface area (Å²) in [6.07, 6.45) is 1.72. The van der Waals surface area contributed by atoms with Crippen LogP contribution < -0.4 is 5.32 Å². The first kappa shape index (κ1) is 17.3. The lowest BCUT2D eigenvalue weighted by atomic mass is 10.1. The Labute approximate surface area is 136 Å². The van der Waals surface area contributed by atoms with E-state index in [0.717, 1.165) is 18.5 Å². The lowest BCUT2D eigenvalue weighted by Crippen LogP contribution is -2.46. The van der Waals surface area contributed by atoms with E-state index in [0.29, 0.717) is 18.9 Å². The first-order chi connectivity index (χ1) is 10.9. The Balaban J connectivity index is 2.02. The number of carbonyl (C=O) groups excluding carboxylic acids is 2. The average Bonchev–Trinajstić information content (AvgIpc) is 3.15. The number of hydrogen-bond acceptors (Lipinski definition) is 5. The molecule has 1 aromatic rings. The zero-order chi connectivity index (χ0) is 17.0. The van der Waals surface area contributed by atoms with E-state index in [1.165, 1.54) is 0 Å². The smallest absolute Gasteiger partial charge is 0.328 e. The van der Waals surface area contributed by atoms with Crippen molar-refractivity contribution in [2.24, 2.45) is 0 Å². The maximum atomic E-state index is 12.4. The number of amides is 2. The minimum Gasteiger partial charge on any atom is -0.464 e. The van der Waals surface area contributed by atoms with E-state index in [2.05, 4.69) is 10.5 Å². The highest BCUT2D eigenvalue weighted by Crippen LogP contribution is 2.33. The number of carbonyl (C=O) groups is 2. The zero-order valence-corrected chi connectivity index (χ0v) is 14.2. The number of urea groups is 1. The van der Waals surface area contributed by atoms with Crippen LogP contribution in [0.25, 0.3) is 0 Å². The fourth-order valence-corrected chi connectivity index (χ4v) is 2.63. The van der Waals surface area contributed by atoms with E-state index in [-0.39, 0.29) is 18.0 Å². The molecule has 1 fully saturated rings. The van der Waals surface area contributed by atoms with Crippen LogP contribution in [0.1, 0.15) is 64.0 Å². The van der Waals surface area contributed by atoms with Crippen molar-refractivity contribution in [3.63, 3.8) is 0 Å². The summed E-state index contributed by atoms with van der Waals surface area (Å²) < 4.78 is 10.3. The van der Waals surface area contributed by atoms with Crippen LogP contribution in [0.4, 0.5) is 4.79 Å². The zero-order valence-electron chi connectivity index (χ0n) is 14.2. The summed E-state index contributed by atoms with van der Waals surface area (Å²) in [6, 6.07) is 0.819. The molecule has 1 aliphatic heterocycles. The van der Waals surface area contributed by atoms with E-state index in [1.54, 1.807) is 18.7 Å². The quantitative estimate of drug-likeness (QED) is 0.842. The Morgan fingerprint density at radius 2 is 2.22 bits per heavy atom. The summed E-state index contributed by atoms with van der Waals surface area (Å²) in [5.41, 5.74) is 0.882.